The van der Waals surface area contributed by atoms with Gasteiger partial charge in [0.2, 0.25) is 0 Å². The predicted molar refractivity (Wildman–Crippen MR) is 62.9 cm³/mol. The molecule has 1 unspecified atom stereocenters. The van der Waals surface area contributed by atoms with Crippen LogP contribution in [0.4, 0.5) is 0 Å². The van der Waals surface area contributed by atoms with Crippen LogP contribution in [0, 0.1) is 0 Å². The summed E-state index contributed by atoms with van der Waals surface area (Å²) in [5, 5.41) is 10.7. The van der Waals surface area contributed by atoms with Crippen molar-refractivity contribution >= 4 is 14.5 Å². The molecule has 14 heavy (non-hydrogen) atoms. The van der Waals surface area contributed by atoms with Gasteiger partial charge >= 0.3 is 0 Å². The van der Waals surface area contributed by atoms with Crippen LogP contribution in [0.15, 0.2) is 48.5 Å². The van der Waals surface area contributed by atoms with Crippen LogP contribution in [0.25, 0.3) is 11.1 Å². The van der Waals surface area contributed by atoms with E-state index in [1.165, 1.54) is 0 Å². The SMILES string of the molecule is Oc1cccc(P)c1-c1ccccc1. The van der Waals surface area contributed by atoms with Gasteiger partial charge in [0, 0.05) is 5.56 Å². The third kappa shape index (κ3) is 1.64. The highest BCUT2D eigenvalue weighted by Gasteiger charge is 2.05. The monoisotopic (exact) mass is 202 g/mol. The van der Waals surface area contributed by atoms with Crippen LogP contribution in [0.2, 0.25) is 0 Å². The van der Waals surface area contributed by atoms with Gasteiger partial charge in [-0.15, -0.1) is 9.24 Å². The summed E-state index contributed by atoms with van der Waals surface area (Å²) in [5.74, 6) is 0.323. The van der Waals surface area contributed by atoms with Crippen molar-refractivity contribution in [2.75, 3.05) is 0 Å². The number of hydrogen-bond acceptors (Lipinski definition) is 1. The molecule has 0 aliphatic carbocycles. The zero-order valence-electron chi connectivity index (χ0n) is 7.64. The van der Waals surface area contributed by atoms with E-state index in [4.69, 9.17) is 0 Å². The van der Waals surface area contributed by atoms with Gasteiger partial charge < -0.3 is 5.11 Å². The van der Waals surface area contributed by atoms with Crippen LogP contribution in [-0.4, -0.2) is 5.11 Å². The van der Waals surface area contributed by atoms with Gasteiger partial charge in [0.1, 0.15) is 5.75 Å². The molecule has 70 valence electrons. The summed E-state index contributed by atoms with van der Waals surface area (Å²) >= 11 is 0. The molecule has 0 amide bonds. The third-order valence-corrected chi connectivity index (χ3v) is 2.62. The van der Waals surface area contributed by atoms with Crippen LogP contribution in [-0.2, 0) is 0 Å². The maximum atomic E-state index is 9.73. The first-order valence-corrected chi connectivity index (χ1v) is 4.99. The molecule has 0 bridgehead atoms. The quantitative estimate of drug-likeness (QED) is 0.704. The smallest absolute Gasteiger partial charge is 0.124 e. The maximum Gasteiger partial charge on any atom is 0.124 e. The summed E-state index contributed by atoms with van der Waals surface area (Å²) in [7, 11) is 2.63. The highest BCUT2D eigenvalue weighted by Crippen LogP contribution is 2.27. The lowest BCUT2D eigenvalue weighted by atomic mass is 10.0. The largest absolute Gasteiger partial charge is 0.507 e. The Labute approximate surface area is 85.6 Å². The molecular weight excluding hydrogens is 191 g/mol. The number of aromatic hydroxyl groups is 1. The molecule has 0 saturated heterocycles. The van der Waals surface area contributed by atoms with Crippen LogP contribution in [0.1, 0.15) is 0 Å². The minimum absolute atomic E-state index is 0.323. The Morgan fingerprint density at radius 2 is 1.57 bits per heavy atom. The molecule has 2 aromatic carbocycles. The Hall–Kier alpha value is -1.33. The fraction of sp³-hybridized carbons (Fsp3) is 0. The molecule has 1 N–H and O–H groups in total. The standard InChI is InChI=1S/C12H11OP/c13-10-7-4-8-11(14)12(10)9-5-2-1-3-6-9/h1-8,13H,14H2. The van der Waals surface area contributed by atoms with Crippen LogP contribution >= 0.6 is 9.24 Å². The van der Waals surface area contributed by atoms with E-state index in [1.807, 2.05) is 42.5 Å². The molecule has 0 aliphatic heterocycles. The molecule has 1 nitrogen and oxygen atoms in total. The molecule has 2 rings (SSSR count). The summed E-state index contributed by atoms with van der Waals surface area (Å²) < 4.78 is 0. The number of hydrogen-bond donors (Lipinski definition) is 1. The van der Waals surface area contributed by atoms with E-state index in [9.17, 15) is 5.11 Å². The molecule has 0 aromatic heterocycles. The fourth-order valence-corrected chi connectivity index (χ4v) is 1.90. The predicted octanol–water partition coefficient (Wildman–Crippen LogP) is 2.56. The Kier molecular flexibility index (Phi) is 2.51. The van der Waals surface area contributed by atoms with E-state index in [0.29, 0.717) is 5.75 Å². The summed E-state index contributed by atoms with van der Waals surface area (Å²) in [6.45, 7) is 0. The summed E-state index contributed by atoms with van der Waals surface area (Å²) in [5.41, 5.74) is 1.92. The Morgan fingerprint density at radius 1 is 0.857 bits per heavy atom. The van der Waals surface area contributed by atoms with Gasteiger partial charge in [-0.1, -0.05) is 42.5 Å². The molecule has 2 heteroatoms. The molecule has 0 heterocycles. The highest BCUT2D eigenvalue weighted by atomic mass is 31.0. The fourth-order valence-electron chi connectivity index (χ4n) is 1.48. The number of phenols is 1. The van der Waals surface area contributed by atoms with Crippen LogP contribution < -0.4 is 5.30 Å². The van der Waals surface area contributed by atoms with Crippen molar-refractivity contribution in [1.82, 2.24) is 0 Å². The minimum Gasteiger partial charge on any atom is -0.507 e. The molecule has 0 saturated carbocycles. The zero-order chi connectivity index (χ0) is 9.97. The molecule has 1 atom stereocenters. The summed E-state index contributed by atoms with van der Waals surface area (Å²) in [6, 6.07) is 15.4. The van der Waals surface area contributed by atoms with Crippen molar-refractivity contribution in [2.45, 2.75) is 0 Å². The van der Waals surface area contributed by atoms with Crippen molar-refractivity contribution in [2.24, 2.45) is 0 Å². The van der Waals surface area contributed by atoms with Crippen molar-refractivity contribution in [3.63, 3.8) is 0 Å². The molecule has 0 spiro atoms. The molecule has 2 aromatic rings. The van der Waals surface area contributed by atoms with Crippen LogP contribution in [0.3, 0.4) is 0 Å². The van der Waals surface area contributed by atoms with Gasteiger partial charge in [-0.05, 0) is 16.9 Å². The van der Waals surface area contributed by atoms with Crippen LogP contribution in [0.5, 0.6) is 5.75 Å². The van der Waals surface area contributed by atoms with Gasteiger partial charge in [-0.25, -0.2) is 0 Å². The molecule has 0 aliphatic rings. The lowest BCUT2D eigenvalue weighted by molar-refractivity contribution is 0.478. The van der Waals surface area contributed by atoms with Crippen molar-refractivity contribution in [3.8, 4) is 16.9 Å². The Morgan fingerprint density at radius 3 is 2.21 bits per heavy atom. The second-order valence-electron chi connectivity index (χ2n) is 3.11. The van der Waals surface area contributed by atoms with E-state index in [2.05, 4.69) is 9.24 Å². The van der Waals surface area contributed by atoms with E-state index >= 15 is 0 Å². The minimum atomic E-state index is 0.323. The number of benzene rings is 2. The van der Waals surface area contributed by atoms with Crippen molar-refractivity contribution < 1.29 is 5.11 Å². The normalized spacial score (nSPS) is 10.1. The second-order valence-corrected chi connectivity index (χ2v) is 3.73. The first-order valence-electron chi connectivity index (χ1n) is 4.42. The van der Waals surface area contributed by atoms with Crippen molar-refractivity contribution in [1.29, 1.82) is 0 Å². The Bertz CT molecular complexity index is 417. The maximum absolute atomic E-state index is 9.73. The number of rotatable bonds is 1. The van der Waals surface area contributed by atoms with Gasteiger partial charge in [0.15, 0.2) is 0 Å². The lowest BCUT2D eigenvalue weighted by Crippen LogP contribution is -1.95. The van der Waals surface area contributed by atoms with Gasteiger partial charge in [0.25, 0.3) is 0 Å². The summed E-state index contributed by atoms with van der Waals surface area (Å²) in [4.78, 5) is 0. The van der Waals surface area contributed by atoms with Gasteiger partial charge in [-0.3, -0.25) is 0 Å². The van der Waals surface area contributed by atoms with E-state index in [-0.39, 0.29) is 0 Å². The second kappa shape index (κ2) is 3.81. The van der Waals surface area contributed by atoms with E-state index in [1.54, 1.807) is 6.07 Å². The zero-order valence-corrected chi connectivity index (χ0v) is 8.80. The highest BCUT2D eigenvalue weighted by molar-refractivity contribution is 7.28. The first-order chi connectivity index (χ1) is 6.79. The molecular formula is C12H11OP. The Balaban J connectivity index is 2.63. The topological polar surface area (TPSA) is 20.2 Å². The number of phenolic OH excluding ortho intramolecular Hbond substituents is 1. The van der Waals surface area contributed by atoms with E-state index in [0.717, 1.165) is 16.4 Å². The third-order valence-electron chi connectivity index (χ3n) is 2.14. The average molecular weight is 202 g/mol. The first kappa shape index (κ1) is 9.23. The molecule has 0 radical (unpaired) electrons. The van der Waals surface area contributed by atoms with Gasteiger partial charge in [0.05, 0.1) is 0 Å². The average Bonchev–Trinajstić information content (AvgIpc) is 2.19. The van der Waals surface area contributed by atoms with E-state index < -0.39 is 0 Å². The van der Waals surface area contributed by atoms with Crippen molar-refractivity contribution in [3.05, 3.63) is 48.5 Å². The van der Waals surface area contributed by atoms with Gasteiger partial charge in [-0.2, -0.15) is 0 Å². The summed E-state index contributed by atoms with van der Waals surface area (Å²) in [6.07, 6.45) is 0. The molecule has 0 fully saturated rings. The lowest BCUT2D eigenvalue weighted by Gasteiger charge is -2.07.